The molecule has 0 saturated heterocycles. The van der Waals surface area contributed by atoms with Gasteiger partial charge in [0.25, 0.3) is 0 Å². The summed E-state index contributed by atoms with van der Waals surface area (Å²) in [6, 6.07) is 0. The molecule has 0 spiro atoms. The van der Waals surface area contributed by atoms with Gasteiger partial charge in [-0.3, -0.25) is 0 Å². The summed E-state index contributed by atoms with van der Waals surface area (Å²) < 4.78 is 11.0. The molecular formula is C32H54O3. The van der Waals surface area contributed by atoms with Crippen LogP contribution in [0.2, 0.25) is 0 Å². The molecule has 3 heteroatoms. The van der Waals surface area contributed by atoms with E-state index >= 15 is 0 Å². The number of rotatable bonds is 9. The average Bonchev–Trinajstić information content (AvgIpc) is 3.16. The van der Waals surface area contributed by atoms with Crippen molar-refractivity contribution in [1.29, 1.82) is 0 Å². The highest BCUT2D eigenvalue weighted by atomic mass is 16.7. The average molecular weight is 487 g/mol. The molecule has 0 aromatic rings. The van der Waals surface area contributed by atoms with Crippen LogP contribution in [-0.2, 0) is 9.47 Å². The number of fused-ring (bicyclic) bond motifs is 5. The highest BCUT2D eigenvalue weighted by molar-refractivity contribution is 5.60. The lowest BCUT2D eigenvalue weighted by Gasteiger charge is -2.58. The minimum atomic E-state index is -0.464. The van der Waals surface area contributed by atoms with Crippen LogP contribution >= 0.6 is 0 Å². The minimum absolute atomic E-state index is 0.00333. The first-order chi connectivity index (χ1) is 16.7. The summed E-state index contributed by atoms with van der Waals surface area (Å²) in [5.41, 5.74) is 2.43. The molecule has 0 aromatic heterocycles. The van der Waals surface area contributed by atoms with Crippen LogP contribution in [0.5, 0.6) is 0 Å². The van der Waals surface area contributed by atoms with Crippen LogP contribution in [0.1, 0.15) is 125 Å². The number of carbonyl (C=O) groups excluding carboxylic acids is 1. The van der Waals surface area contributed by atoms with Crippen LogP contribution < -0.4 is 0 Å². The predicted molar refractivity (Wildman–Crippen MR) is 144 cm³/mol. The maximum absolute atomic E-state index is 12.1. The van der Waals surface area contributed by atoms with Crippen molar-refractivity contribution in [3.05, 3.63) is 11.6 Å². The topological polar surface area (TPSA) is 35.5 Å². The molecule has 0 N–H and O–H groups in total. The molecule has 4 rings (SSSR count). The maximum atomic E-state index is 12.1. The molecule has 35 heavy (non-hydrogen) atoms. The van der Waals surface area contributed by atoms with Crippen molar-refractivity contribution in [2.45, 2.75) is 131 Å². The lowest BCUT2D eigenvalue weighted by Crippen LogP contribution is -2.51. The summed E-state index contributed by atoms with van der Waals surface area (Å²) in [5, 5.41) is 0. The zero-order valence-electron chi connectivity index (χ0n) is 23.7. The molecule has 0 unspecified atom stereocenters. The highest BCUT2D eigenvalue weighted by Gasteiger charge is 2.59. The lowest BCUT2D eigenvalue weighted by atomic mass is 9.47. The summed E-state index contributed by atoms with van der Waals surface area (Å²) in [4.78, 5) is 12.1. The van der Waals surface area contributed by atoms with Crippen LogP contribution in [0, 0.1) is 46.3 Å². The zero-order valence-corrected chi connectivity index (χ0v) is 23.7. The summed E-state index contributed by atoms with van der Waals surface area (Å²) in [5.74, 6) is 5.19. The summed E-state index contributed by atoms with van der Waals surface area (Å²) in [6.45, 7) is 15.1. The van der Waals surface area contributed by atoms with E-state index in [0.29, 0.717) is 17.4 Å². The Morgan fingerprint density at radius 1 is 1.03 bits per heavy atom. The van der Waals surface area contributed by atoms with Crippen molar-refractivity contribution in [3.63, 3.8) is 0 Å². The van der Waals surface area contributed by atoms with Crippen molar-refractivity contribution >= 4 is 6.16 Å². The first-order valence-electron chi connectivity index (χ1n) is 15.2. The number of carbonyl (C=O) groups is 1. The molecule has 0 bridgehead atoms. The van der Waals surface area contributed by atoms with Gasteiger partial charge < -0.3 is 9.47 Å². The first-order valence-corrected chi connectivity index (χ1v) is 15.2. The third-order valence-electron chi connectivity index (χ3n) is 11.2. The van der Waals surface area contributed by atoms with Gasteiger partial charge in [0.1, 0.15) is 6.10 Å². The van der Waals surface area contributed by atoms with Gasteiger partial charge in [-0.25, -0.2) is 4.79 Å². The number of allylic oxidation sites excluding steroid dienone is 1. The molecule has 4 aliphatic rings. The van der Waals surface area contributed by atoms with Gasteiger partial charge in [0.05, 0.1) is 6.61 Å². The molecule has 0 heterocycles. The van der Waals surface area contributed by atoms with E-state index in [4.69, 9.17) is 9.47 Å². The van der Waals surface area contributed by atoms with Gasteiger partial charge in [-0.1, -0.05) is 78.9 Å². The molecule has 3 saturated carbocycles. The molecule has 200 valence electrons. The molecule has 0 radical (unpaired) electrons. The fourth-order valence-corrected chi connectivity index (χ4v) is 9.22. The van der Waals surface area contributed by atoms with E-state index in [1.54, 1.807) is 5.57 Å². The molecule has 8 atom stereocenters. The van der Waals surface area contributed by atoms with Crippen molar-refractivity contribution < 1.29 is 14.3 Å². The van der Waals surface area contributed by atoms with Crippen LogP contribution in [0.25, 0.3) is 0 Å². The van der Waals surface area contributed by atoms with Gasteiger partial charge in [0.15, 0.2) is 0 Å². The van der Waals surface area contributed by atoms with Crippen molar-refractivity contribution in [3.8, 4) is 0 Å². The van der Waals surface area contributed by atoms with Gasteiger partial charge in [0, 0.05) is 6.42 Å². The molecule has 0 aliphatic heterocycles. The Morgan fingerprint density at radius 2 is 1.83 bits per heavy atom. The van der Waals surface area contributed by atoms with Crippen LogP contribution in [0.15, 0.2) is 11.6 Å². The number of hydrogen-bond acceptors (Lipinski definition) is 3. The predicted octanol–water partition coefficient (Wildman–Crippen LogP) is 9.35. The van der Waals surface area contributed by atoms with Crippen LogP contribution in [0.3, 0.4) is 0 Å². The molecule has 3 nitrogen and oxygen atoms in total. The number of ether oxygens (including phenoxy) is 2. The Morgan fingerprint density at radius 3 is 2.57 bits per heavy atom. The van der Waals surface area contributed by atoms with Gasteiger partial charge in [-0.15, -0.1) is 0 Å². The number of hydrogen-bond donors (Lipinski definition) is 0. The Hall–Kier alpha value is -0.990. The maximum Gasteiger partial charge on any atom is 0.508 e. The van der Waals surface area contributed by atoms with Crippen LogP contribution in [-0.4, -0.2) is 18.9 Å². The molecule has 3 fully saturated rings. The Kier molecular flexibility index (Phi) is 8.64. The molecular weight excluding hydrogens is 432 g/mol. The third-order valence-corrected chi connectivity index (χ3v) is 11.2. The van der Waals surface area contributed by atoms with Crippen molar-refractivity contribution in [2.75, 3.05) is 6.61 Å². The first kappa shape index (κ1) is 27.1. The third kappa shape index (κ3) is 5.49. The zero-order chi connectivity index (χ0) is 25.2. The van der Waals surface area contributed by atoms with Gasteiger partial charge >= 0.3 is 6.16 Å². The Labute approximate surface area is 216 Å². The van der Waals surface area contributed by atoms with Gasteiger partial charge in [-0.2, -0.15) is 0 Å². The van der Waals surface area contributed by atoms with Crippen molar-refractivity contribution in [2.24, 2.45) is 46.3 Å². The molecule has 4 aliphatic carbocycles. The monoisotopic (exact) mass is 486 g/mol. The fraction of sp³-hybridized carbons (Fsp3) is 0.906. The summed E-state index contributed by atoms with van der Waals surface area (Å²) in [6.07, 6.45) is 18.3. The largest absolute Gasteiger partial charge is 0.508 e. The standard InChI is InChI=1S/C32H54O3/c1-7-8-20-34-30(33)35-25-16-18-31(5)24(21-25)12-13-26-28-15-14-27(23(4)11-9-10-22(2)3)32(28,6)19-17-29(26)31/h12,22-23,25-29H,7-11,13-21H2,1-6H3/t23-,25+,26+,27-,28-,29+,31+,32-/m1/s1. The second kappa shape index (κ2) is 11.2. The molecule has 0 aromatic carbocycles. The Balaban J connectivity index is 1.39. The smallest absolute Gasteiger partial charge is 0.434 e. The van der Waals surface area contributed by atoms with E-state index in [1.165, 1.54) is 51.4 Å². The van der Waals surface area contributed by atoms with E-state index in [1.807, 2.05) is 0 Å². The van der Waals surface area contributed by atoms with E-state index in [9.17, 15) is 4.79 Å². The summed E-state index contributed by atoms with van der Waals surface area (Å²) in [7, 11) is 0. The summed E-state index contributed by atoms with van der Waals surface area (Å²) >= 11 is 0. The van der Waals surface area contributed by atoms with Crippen molar-refractivity contribution in [1.82, 2.24) is 0 Å². The molecule has 0 amide bonds. The lowest BCUT2D eigenvalue weighted by molar-refractivity contribution is -0.0617. The minimum Gasteiger partial charge on any atom is -0.434 e. The van der Waals surface area contributed by atoms with E-state index in [-0.39, 0.29) is 6.10 Å². The van der Waals surface area contributed by atoms with Gasteiger partial charge in [-0.05, 0) is 97.7 Å². The van der Waals surface area contributed by atoms with E-state index in [0.717, 1.165) is 67.6 Å². The number of unbranched alkanes of at least 4 members (excludes halogenated alkanes) is 1. The highest BCUT2D eigenvalue weighted by Crippen LogP contribution is 2.67. The Bertz CT molecular complexity index is 756. The van der Waals surface area contributed by atoms with E-state index in [2.05, 4.69) is 47.6 Å². The quantitative estimate of drug-likeness (QED) is 0.185. The van der Waals surface area contributed by atoms with Crippen LogP contribution in [0.4, 0.5) is 4.79 Å². The van der Waals surface area contributed by atoms with E-state index < -0.39 is 6.16 Å². The fourth-order valence-electron chi connectivity index (χ4n) is 9.22. The second-order valence-electron chi connectivity index (χ2n) is 13.7. The SMILES string of the molecule is CCCCOC(=O)O[C@H]1CC[C@@]2(C)C(=CC[C@H]3[C@H]4CC[C@H]([C@H](C)CCCC(C)C)[C@@]4(C)CC[C@@H]32)C1. The van der Waals surface area contributed by atoms with Gasteiger partial charge in [0.2, 0.25) is 0 Å². The second-order valence-corrected chi connectivity index (χ2v) is 13.7. The normalized spacial score (nSPS) is 39.3.